The van der Waals surface area contributed by atoms with Gasteiger partial charge in [0.25, 0.3) is 0 Å². The average Bonchev–Trinajstić information content (AvgIpc) is 2.45. The molecular weight excluding hydrogens is 234 g/mol. The van der Waals surface area contributed by atoms with Crippen molar-refractivity contribution in [2.24, 2.45) is 11.3 Å². The van der Waals surface area contributed by atoms with Crippen LogP contribution in [0, 0.1) is 11.3 Å². The van der Waals surface area contributed by atoms with Crippen LogP contribution in [0.4, 0.5) is 0 Å². The highest BCUT2D eigenvalue weighted by Gasteiger charge is 2.58. The summed E-state index contributed by atoms with van der Waals surface area (Å²) in [5.74, 6) is 2.54. The van der Waals surface area contributed by atoms with E-state index in [2.05, 4.69) is 44.4 Å². The molecule has 2 aliphatic rings. The summed E-state index contributed by atoms with van der Waals surface area (Å²) < 4.78 is 5.37. The summed E-state index contributed by atoms with van der Waals surface area (Å²) in [7, 11) is 3.88. The number of fused-ring (bicyclic) bond motifs is 3. The molecule has 1 aromatic carbocycles. The first-order valence-electron chi connectivity index (χ1n) is 7.49. The summed E-state index contributed by atoms with van der Waals surface area (Å²) in [5.41, 5.74) is 3.49. The quantitative estimate of drug-likeness (QED) is 0.898. The summed E-state index contributed by atoms with van der Waals surface area (Å²) in [6.07, 6.45) is 3.75. The maximum atomic E-state index is 5.37. The van der Waals surface area contributed by atoms with E-state index in [1.54, 1.807) is 12.7 Å². The predicted octanol–water partition coefficient (Wildman–Crippen LogP) is 3.36. The van der Waals surface area contributed by atoms with Crippen molar-refractivity contribution in [2.75, 3.05) is 14.2 Å². The predicted molar refractivity (Wildman–Crippen MR) is 78.8 cm³/mol. The summed E-state index contributed by atoms with van der Waals surface area (Å²) in [5, 5.41) is 3.57. The molecule has 0 saturated heterocycles. The van der Waals surface area contributed by atoms with Gasteiger partial charge in [0.2, 0.25) is 0 Å². The zero-order chi connectivity index (χ0) is 13.6. The molecule has 0 amide bonds. The number of hydrogen-bond acceptors (Lipinski definition) is 2. The van der Waals surface area contributed by atoms with Gasteiger partial charge in [0.15, 0.2) is 0 Å². The van der Waals surface area contributed by atoms with Crippen LogP contribution in [0.2, 0.25) is 0 Å². The number of aryl methyl sites for hydroxylation is 1. The van der Waals surface area contributed by atoms with Crippen molar-refractivity contribution in [3.8, 4) is 5.75 Å². The molecule has 4 atom stereocenters. The zero-order valence-electron chi connectivity index (χ0n) is 12.5. The van der Waals surface area contributed by atoms with Gasteiger partial charge in [-0.2, -0.15) is 0 Å². The van der Waals surface area contributed by atoms with Crippen LogP contribution in [0.3, 0.4) is 0 Å². The van der Waals surface area contributed by atoms with Gasteiger partial charge in [0.05, 0.1) is 7.11 Å². The molecule has 3 rings (SSSR count). The Kier molecular flexibility index (Phi) is 3.09. The van der Waals surface area contributed by atoms with Crippen molar-refractivity contribution < 1.29 is 4.74 Å². The van der Waals surface area contributed by atoms with Gasteiger partial charge >= 0.3 is 0 Å². The molecule has 2 heteroatoms. The minimum atomic E-state index is 0.406. The van der Waals surface area contributed by atoms with E-state index < -0.39 is 0 Å². The standard InChI is InChI=1S/C17H25NO/c1-5-17(2)15-13-9-7-12(19-4)10-11(13)6-8-14(15)16(17)18-3/h7,9-10,14-16,18H,5-6,8H2,1-4H3. The van der Waals surface area contributed by atoms with E-state index in [0.717, 1.165) is 17.6 Å². The van der Waals surface area contributed by atoms with Gasteiger partial charge in [-0.05, 0) is 66.8 Å². The van der Waals surface area contributed by atoms with Crippen LogP contribution in [0.5, 0.6) is 5.75 Å². The van der Waals surface area contributed by atoms with Crippen LogP contribution in [0.15, 0.2) is 18.2 Å². The van der Waals surface area contributed by atoms with Crippen molar-refractivity contribution in [1.29, 1.82) is 0 Å². The largest absolute Gasteiger partial charge is 0.497 e. The average molecular weight is 259 g/mol. The number of benzene rings is 1. The second kappa shape index (κ2) is 4.52. The van der Waals surface area contributed by atoms with Gasteiger partial charge in [-0.25, -0.2) is 0 Å². The van der Waals surface area contributed by atoms with Crippen LogP contribution in [0.25, 0.3) is 0 Å². The molecule has 2 nitrogen and oxygen atoms in total. The molecule has 0 bridgehead atoms. The first-order chi connectivity index (χ1) is 9.15. The molecule has 0 radical (unpaired) electrons. The Balaban J connectivity index is 2.00. The number of hydrogen-bond donors (Lipinski definition) is 1. The van der Waals surface area contributed by atoms with Gasteiger partial charge in [0.1, 0.15) is 5.75 Å². The monoisotopic (exact) mass is 259 g/mol. The van der Waals surface area contributed by atoms with Crippen LogP contribution in [-0.2, 0) is 6.42 Å². The summed E-state index contributed by atoms with van der Waals surface area (Å²) in [6, 6.07) is 7.36. The number of rotatable bonds is 3. The lowest BCUT2D eigenvalue weighted by Gasteiger charge is -2.62. The molecule has 1 N–H and O–H groups in total. The van der Waals surface area contributed by atoms with Crippen LogP contribution in [-0.4, -0.2) is 20.2 Å². The van der Waals surface area contributed by atoms with E-state index >= 15 is 0 Å². The Morgan fingerprint density at radius 1 is 1.42 bits per heavy atom. The van der Waals surface area contributed by atoms with Crippen LogP contribution >= 0.6 is 0 Å². The van der Waals surface area contributed by atoms with E-state index in [1.165, 1.54) is 24.8 Å². The fraction of sp³-hybridized carbons (Fsp3) is 0.647. The third-order valence-corrected chi connectivity index (χ3v) is 5.78. The lowest BCUT2D eigenvalue weighted by atomic mass is 9.45. The Morgan fingerprint density at radius 3 is 2.84 bits per heavy atom. The molecule has 0 aromatic heterocycles. The molecule has 104 valence electrons. The van der Waals surface area contributed by atoms with Crippen molar-refractivity contribution in [2.45, 2.75) is 45.1 Å². The molecular formula is C17H25NO. The minimum Gasteiger partial charge on any atom is -0.497 e. The Morgan fingerprint density at radius 2 is 2.21 bits per heavy atom. The van der Waals surface area contributed by atoms with Gasteiger partial charge in [-0.3, -0.25) is 0 Å². The first-order valence-corrected chi connectivity index (χ1v) is 7.49. The second-order valence-electron chi connectivity index (χ2n) is 6.37. The molecule has 2 aliphatic carbocycles. The summed E-state index contributed by atoms with van der Waals surface area (Å²) in [6.45, 7) is 4.78. The molecule has 4 unspecified atom stereocenters. The molecule has 1 fully saturated rings. The molecule has 0 heterocycles. The summed E-state index contributed by atoms with van der Waals surface area (Å²) in [4.78, 5) is 0. The normalized spacial score (nSPS) is 36.1. The van der Waals surface area contributed by atoms with E-state index in [9.17, 15) is 0 Å². The van der Waals surface area contributed by atoms with Crippen molar-refractivity contribution in [1.82, 2.24) is 5.32 Å². The van der Waals surface area contributed by atoms with Gasteiger partial charge in [0, 0.05) is 6.04 Å². The van der Waals surface area contributed by atoms with Crippen molar-refractivity contribution in [3.63, 3.8) is 0 Å². The summed E-state index contributed by atoms with van der Waals surface area (Å²) >= 11 is 0. The third kappa shape index (κ3) is 1.66. The lowest BCUT2D eigenvalue weighted by molar-refractivity contribution is -0.0360. The molecule has 1 aromatic rings. The molecule has 1 saturated carbocycles. The van der Waals surface area contributed by atoms with Gasteiger partial charge < -0.3 is 10.1 Å². The fourth-order valence-electron chi connectivity index (χ4n) is 4.70. The number of ether oxygens (including phenoxy) is 1. The van der Waals surface area contributed by atoms with Crippen molar-refractivity contribution in [3.05, 3.63) is 29.3 Å². The van der Waals surface area contributed by atoms with E-state index in [1.807, 2.05) is 0 Å². The maximum Gasteiger partial charge on any atom is 0.119 e. The van der Waals surface area contributed by atoms with Crippen molar-refractivity contribution >= 4 is 0 Å². The number of methoxy groups -OCH3 is 1. The molecule has 0 spiro atoms. The van der Waals surface area contributed by atoms with E-state index in [-0.39, 0.29) is 0 Å². The van der Waals surface area contributed by atoms with Crippen LogP contribution < -0.4 is 10.1 Å². The number of nitrogens with one attached hydrogen (secondary N) is 1. The minimum absolute atomic E-state index is 0.406. The fourth-order valence-corrected chi connectivity index (χ4v) is 4.70. The highest BCUT2D eigenvalue weighted by molar-refractivity contribution is 5.44. The molecule has 0 aliphatic heterocycles. The van der Waals surface area contributed by atoms with Crippen LogP contribution in [0.1, 0.15) is 43.7 Å². The maximum absolute atomic E-state index is 5.37. The molecule has 19 heavy (non-hydrogen) atoms. The smallest absolute Gasteiger partial charge is 0.119 e. The topological polar surface area (TPSA) is 21.3 Å². The highest BCUT2D eigenvalue weighted by atomic mass is 16.5. The Hall–Kier alpha value is -1.02. The highest BCUT2D eigenvalue weighted by Crippen LogP contribution is 2.62. The van der Waals surface area contributed by atoms with Gasteiger partial charge in [-0.1, -0.05) is 19.9 Å². The Bertz CT molecular complexity index is 484. The lowest BCUT2D eigenvalue weighted by Crippen LogP contribution is -2.64. The SMILES string of the molecule is CCC1(C)C(NC)C2CCc3cc(OC)ccc3C21. The van der Waals surface area contributed by atoms with Gasteiger partial charge in [-0.15, -0.1) is 0 Å². The van der Waals surface area contributed by atoms with E-state index in [4.69, 9.17) is 4.74 Å². The third-order valence-electron chi connectivity index (χ3n) is 5.78. The first kappa shape index (κ1) is 13.0. The second-order valence-corrected chi connectivity index (χ2v) is 6.37. The van der Waals surface area contributed by atoms with E-state index in [0.29, 0.717) is 11.5 Å². The Labute approximate surface area is 116 Å². The zero-order valence-corrected chi connectivity index (χ0v) is 12.5.